The van der Waals surface area contributed by atoms with Gasteiger partial charge in [-0.3, -0.25) is 19.4 Å². The minimum atomic E-state index is -0.707. The SMILES string of the molecule is CC(=O)C[C@H](NC(=O)[C@H](CC(C)C)n1ccc2ccccc2c1=O)c1cncc(N2CCOC[C@@H]2C)c1. The number of carbonyl (C=O) groups excluding carboxylic acids is 2. The van der Waals surface area contributed by atoms with Gasteiger partial charge in [0.05, 0.1) is 31.1 Å². The Bertz CT molecular complexity index is 1320. The van der Waals surface area contributed by atoms with Gasteiger partial charge in [-0.2, -0.15) is 0 Å². The topological polar surface area (TPSA) is 93.5 Å². The first-order valence-corrected chi connectivity index (χ1v) is 12.9. The van der Waals surface area contributed by atoms with E-state index in [-0.39, 0.29) is 35.6 Å². The molecule has 196 valence electrons. The summed E-state index contributed by atoms with van der Waals surface area (Å²) in [6.45, 7) is 9.68. The van der Waals surface area contributed by atoms with E-state index in [9.17, 15) is 14.4 Å². The van der Waals surface area contributed by atoms with E-state index in [0.717, 1.165) is 23.2 Å². The van der Waals surface area contributed by atoms with Crippen molar-refractivity contribution in [3.63, 3.8) is 0 Å². The number of ether oxygens (including phenoxy) is 1. The van der Waals surface area contributed by atoms with E-state index in [0.29, 0.717) is 25.0 Å². The number of anilines is 1. The Kier molecular flexibility index (Phi) is 8.38. The number of hydrogen-bond donors (Lipinski definition) is 1. The Morgan fingerprint density at radius 1 is 1.19 bits per heavy atom. The first-order chi connectivity index (χ1) is 17.7. The van der Waals surface area contributed by atoms with Crippen molar-refractivity contribution in [1.29, 1.82) is 0 Å². The molecule has 0 aliphatic carbocycles. The number of aromatic nitrogens is 2. The van der Waals surface area contributed by atoms with Gasteiger partial charge in [-0.05, 0) is 55.3 Å². The third kappa shape index (κ3) is 6.25. The van der Waals surface area contributed by atoms with Crippen molar-refractivity contribution in [2.24, 2.45) is 5.92 Å². The molecule has 8 heteroatoms. The van der Waals surface area contributed by atoms with Crippen molar-refractivity contribution in [2.75, 3.05) is 24.7 Å². The van der Waals surface area contributed by atoms with E-state index >= 15 is 0 Å². The highest BCUT2D eigenvalue weighted by molar-refractivity contribution is 5.84. The van der Waals surface area contributed by atoms with Gasteiger partial charge in [-0.25, -0.2) is 0 Å². The van der Waals surface area contributed by atoms with Crippen LogP contribution in [0.3, 0.4) is 0 Å². The summed E-state index contributed by atoms with van der Waals surface area (Å²) in [5, 5.41) is 4.49. The van der Waals surface area contributed by atoms with Crippen molar-refractivity contribution in [3.05, 3.63) is 70.9 Å². The van der Waals surface area contributed by atoms with Crippen LogP contribution in [0, 0.1) is 5.92 Å². The van der Waals surface area contributed by atoms with E-state index < -0.39 is 12.1 Å². The summed E-state index contributed by atoms with van der Waals surface area (Å²) in [7, 11) is 0. The summed E-state index contributed by atoms with van der Waals surface area (Å²) < 4.78 is 7.08. The minimum Gasteiger partial charge on any atom is -0.377 e. The van der Waals surface area contributed by atoms with Crippen molar-refractivity contribution in [3.8, 4) is 0 Å². The number of ketones is 1. The van der Waals surface area contributed by atoms with Crippen LogP contribution in [-0.4, -0.2) is 47.0 Å². The van der Waals surface area contributed by atoms with Crippen LogP contribution in [0.4, 0.5) is 5.69 Å². The molecule has 4 rings (SSSR count). The predicted octanol–water partition coefficient (Wildman–Crippen LogP) is 4.05. The molecule has 0 bridgehead atoms. The minimum absolute atomic E-state index is 0.0428. The zero-order valence-corrected chi connectivity index (χ0v) is 22.0. The maximum Gasteiger partial charge on any atom is 0.259 e. The smallest absolute Gasteiger partial charge is 0.259 e. The quantitative estimate of drug-likeness (QED) is 0.473. The van der Waals surface area contributed by atoms with Crippen LogP contribution in [0.2, 0.25) is 0 Å². The van der Waals surface area contributed by atoms with Crippen LogP contribution in [0.25, 0.3) is 10.8 Å². The number of fused-ring (bicyclic) bond motifs is 1. The fraction of sp³-hybridized carbons (Fsp3) is 0.448. The number of morpholine rings is 1. The maximum absolute atomic E-state index is 13.7. The molecule has 1 aliphatic heterocycles. The summed E-state index contributed by atoms with van der Waals surface area (Å²) in [5.74, 6) is -0.158. The van der Waals surface area contributed by atoms with Gasteiger partial charge in [0.15, 0.2) is 0 Å². The Labute approximate surface area is 217 Å². The fourth-order valence-electron chi connectivity index (χ4n) is 4.95. The van der Waals surface area contributed by atoms with Gasteiger partial charge in [0.1, 0.15) is 11.8 Å². The van der Waals surface area contributed by atoms with Crippen LogP contribution in [-0.2, 0) is 14.3 Å². The Hall–Kier alpha value is -3.52. The van der Waals surface area contributed by atoms with E-state index in [1.54, 1.807) is 24.7 Å². The molecule has 2 aromatic heterocycles. The third-order valence-electron chi connectivity index (χ3n) is 6.83. The lowest BCUT2D eigenvalue weighted by Crippen LogP contribution is -2.44. The van der Waals surface area contributed by atoms with Gasteiger partial charge < -0.3 is 19.5 Å². The molecule has 3 heterocycles. The molecule has 1 aliphatic rings. The monoisotopic (exact) mass is 504 g/mol. The maximum atomic E-state index is 13.7. The second-order valence-corrected chi connectivity index (χ2v) is 10.3. The van der Waals surface area contributed by atoms with E-state index in [4.69, 9.17) is 4.74 Å². The van der Waals surface area contributed by atoms with Crippen molar-refractivity contribution in [2.45, 2.75) is 58.7 Å². The third-order valence-corrected chi connectivity index (χ3v) is 6.83. The van der Waals surface area contributed by atoms with E-state index in [2.05, 4.69) is 22.1 Å². The Morgan fingerprint density at radius 3 is 2.70 bits per heavy atom. The second-order valence-electron chi connectivity index (χ2n) is 10.3. The molecule has 0 spiro atoms. The largest absolute Gasteiger partial charge is 0.377 e. The summed E-state index contributed by atoms with van der Waals surface area (Å²) in [6.07, 6.45) is 5.81. The van der Waals surface area contributed by atoms with Crippen LogP contribution in [0.15, 0.2) is 59.8 Å². The fourth-order valence-corrected chi connectivity index (χ4v) is 4.95. The van der Waals surface area contributed by atoms with Gasteiger partial charge in [-0.1, -0.05) is 32.0 Å². The van der Waals surface area contributed by atoms with Crippen LogP contribution in [0.5, 0.6) is 0 Å². The average Bonchev–Trinajstić information content (AvgIpc) is 2.87. The van der Waals surface area contributed by atoms with Gasteiger partial charge in [0, 0.05) is 36.8 Å². The van der Waals surface area contributed by atoms with Crippen molar-refractivity contribution < 1.29 is 14.3 Å². The zero-order valence-electron chi connectivity index (χ0n) is 22.0. The number of nitrogens with zero attached hydrogens (tertiary/aromatic N) is 3. The zero-order chi connectivity index (χ0) is 26.5. The summed E-state index contributed by atoms with van der Waals surface area (Å²) in [5.41, 5.74) is 1.49. The number of benzene rings is 1. The molecule has 1 N–H and O–H groups in total. The van der Waals surface area contributed by atoms with Crippen molar-refractivity contribution >= 4 is 28.2 Å². The lowest BCUT2D eigenvalue weighted by Gasteiger charge is -2.35. The van der Waals surface area contributed by atoms with Gasteiger partial charge in [-0.15, -0.1) is 0 Å². The predicted molar refractivity (Wildman–Crippen MR) is 145 cm³/mol. The Balaban J connectivity index is 1.66. The standard InChI is InChI=1S/C29H36N4O4/c1-19(2)13-27(33-10-9-22-7-5-6-8-25(22)29(33)36)28(35)31-26(14-21(4)34)23-15-24(17-30-16-23)32-11-12-37-18-20(32)3/h5-10,15-17,19-20,26-27H,11-14,18H2,1-4H3,(H,31,35)/t20-,26-,27-/m0/s1. The molecule has 0 unspecified atom stereocenters. The molecule has 3 aromatic rings. The molecule has 0 radical (unpaired) electrons. The second kappa shape index (κ2) is 11.7. The number of rotatable bonds is 9. The number of Topliss-reactive ketones (excluding diaryl/α,β-unsaturated/α-hetero) is 1. The van der Waals surface area contributed by atoms with Crippen LogP contribution < -0.4 is 15.8 Å². The average molecular weight is 505 g/mol. The summed E-state index contributed by atoms with van der Waals surface area (Å²) >= 11 is 0. The summed E-state index contributed by atoms with van der Waals surface area (Å²) in [4.78, 5) is 46.0. The summed E-state index contributed by atoms with van der Waals surface area (Å²) in [6, 6.07) is 10.2. The van der Waals surface area contributed by atoms with Crippen molar-refractivity contribution in [1.82, 2.24) is 14.9 Å². The molecular formula is C29H36N4O4. The highest BCUT2D eigenvalue weighted by Crippen LogP contribution is 2.26. The molecule has 8 nitrogen and oxygen atoms in total. The first-order valence-electron chi connectivity index (χ1n) is 12.9. The lowest BCUT2D eigenvalue weighted by molar-refractivity contribution is -0.126. The number of hydrogen-bond acceptors (Lipinski definition) is 6. The van der Waals surface area contributed by atoms with Gasteiger partial charge in [0.2, 0.25) is 5.91 Å². The highest BCUT2D eigenvalue weighted by atomic mass is 16.5. The molecule has 0 saturated carbocycles. The molecule has 1 saturated heterocycles. The number of pyridine rings is 2. The van der Waals surface area contributed by atoms with Crippen LogP contribution in [0.1, 0.15) is 58.2 Å². The highest BCUT2D eigenvalue weighted by Gasteiger charge is 2.28. The number of nitrogens with one attached hydrogen (secondary N) is 1. The van der Waals surface area contributed by atoms with E-state index in [1.165, 1.54) is 11.5 Å². The normalized spacial score (nSPS) is 17.5. The molecular weight excluding hydrogens is 468 g/mol. The van der Waals surface area contributed by atoms with Crippen LogP contribution >= 0.6 is 0 Å². The molecule has 37 heavy (non-hydrogen) atoms. The van der Waals surface area contributed by atoms with Gasteiger partial charge in [0.25, 0.3) is 5.56 Å². The molecule has 1 aromatic carbocycles. The van der Waals surface area contributed by atoms with Gasteiger partial charge >= 0.3 is 0 Å². The van der Waals surface area contributed by atoms with E-state index in [1.807, 2.05) is 44.2 Å². The number of amides is 1. The number of carbonyl (C=O) groups is 2. The molecule has 3 atom stereocenters. The Morgan fingerprint density at radius 2 is 1.97 bits per heavy atom. The molecule has 1 amide bonds. The lowest BCUT2D eigenvalue weighted by atomic mass is 9.99. The first kappa shape index (κ1) is 26.5. The molecule has 1 fully saturated rings.